The summed E-state index contributed by atoms with van der Waals surface area (Å²) in [5.41, 5.74) is 4.85. The minimum Gasteiger partial charge on any atom is -0.324 e. The molecule has 0 radical (unpaired) electrons. The zero-order valence-electron chi connectivity index (χ0n) is 16.2. The molecule has 1 unspecified atom stereocenters. The quantitative estimate of drug-likeness (QED) is 0.871. The van der Waals surface area contributed by atoms with E-state index in [0.29, 0.717) is 19.4 Å². The summed E-state index contributed by atoms with van der Waals surface area (Å²) in [7, 11) is -3.70. The number of sulfonamides is 1. The van der Waals surface area contributed by atoms with Crippen molar-refractivity contribution >= 4 is 21.6 Å². The lowest BCUT2D eigenvalue weighted by atomic mass is 10.0. The maximum atomic E-state index is 13.0. The Bertz CT molecular complexity index is 942. The Labute approximate surface area is 161 Å². The van der Waals surface area contributed by atoms with Crippen LogP contribution in [0.1, 0.15) is 35.1 Å². The van der Waals surface area contributed by atoms with E-state index in [2.05, 4.69) is 5.32 Å². The molecule has 0 spiro atoms. The van der Waals surface area contributed by atoms with Crippen LogP contribution >= 0.6 is 0 Å². The van der Waals surface area contributed by atoms with Crippen molar-refractivity contribution in [3.8, 4) is 0 Å². The molecule has 2 aromatic carbocycles. The van der Waals surface area contributed by atoms with Crippen LogP contribution in [0.15, 0.2) is 41.3 Å². The number of hydrogen-bond donors (Lipinski definition) is 1. The van der Waals surface area contributed by atoms with Crippen molar-refractivity contribution < 1.29 is 13.2 Å². The van der Waals surface area contributed by atoms with Gasteiger partial charge >= 0.3 is 0 Å². The molecule has 1 saturated heterocycles. The molecule has 0 aromatic heterocycles. The molecule has 6 heteroatoms. The molecule has 1 aliphatic heterocycles. The molecule has 1 heterocycles. The summed E-state index contributed by atoms with van der Waals surface area (Å²) in [6, 6.07) is 10.1. The Morgan fingerprint density at radius 1 is 1.00 bits per heavy atom. The summed E-state index contributed by atoms with van der Waals surface area (Å²) < 4.78 is 27.4. The van der Waals surface area contributed by atoms with E-state index in [1.165, 1.54) is 4.31 Å². The van der Waals surface area contributed by atoms with Crippen LogP contribution in [0, 0.1) is 27.7 Å². The first-order valence-electron chi connectivity index (χ1n) is 9.17. The second-order valence-corrected chi connectivity index (χ2v) is 9.24. The highest BCUT2D eigenvalue weighted by Crippen LogP contribution is 2.28. The molecule has 3 rings (SSSR count). The van der Waals surface area contributed by atoms with E-state index in [9.17, 15) is 13.2 Å². The van der Waals surface area contributed by atoms with Gasteiger partial charge < -0.3 is 5.32 Å². The van der Waals surface area contributed by atoms with Gasteiger partial charge in [-0.3, -0.25) is 4.79 Å². The molecule has 1 fully saturated rings. The summed E-state index contributed by atoms with van der Waals surface area (Å²) in [6.45, 7) is 8.18. The van der Waals surface area contributed by atoms with Gasteiger partial charge in [0, 0.05) is 12.2 Å². The maximum absolute atomic E-state index is 13.0. The highest BCUT2D eigenvalue weighted by molar-refractivity contribution is 7.89. The van der Waals surface area contributed by atoms with Crippen molar-refractivity contribution in [3.63, 3.8) is 0 Å². The molecule has 5 nitrogen and oxygen atoms in total. The lowest BCUT2D eigenvalue weighted by molar-refractivity contribution is -0.119. The standard InChI is InChI=1S/C21H26N2O3S/c1-14-7-9-18(10-8-14)27(25,26)23-11-5-6-19(23)21(24)22-20-16(3)12-15(2)13-17(20)4/h7-10,12-13,19H,5-6,11H2,1-4H3,(H,22,24). The number of carbonyl (C=O) groups is 1. The van der Waals surface area contributed by atoms with Crippen molar-refractivity contribution in [2.75, 3.05) is 11.9 Å². The SMILES string of the molecule is Cc1ccc(S(=O)(=O)N2CCCC2C(=O)Nc2c(C)cc(C)cc2C)cc1. The first-order valence-corrected chi connectivity index (χ1v) is 10.6. The van der Waals surface area contributed by atoms with Gasteiger partial charge in [0.15, 0.2) is 0 Å². The van der Waals surface area contributed by atoms with Crippen LogP contribution < -0.4 is 5.32 Å². The Kier molecular flexibility index (Phi) is 5.40. The number of rotatable bonds is 4. The predicted molar refractivity (Wildman–Crippen MR) is 107 cm³/mol. The number of anilines is 1. The zero-order chi connectivity index (χ0) is 19.8. The fraction of sp³-hybridized carbons (Fsp3) is 0.381. The van der Waals surface area contributed by atoms with Crippen molar-refractivity contribution in [1.29, 1.82) is 0 Å². The first kappa shape index (κ1) is 19.6. The van der Waals surface area contributed by atoms with Crippen LogP contribution in [0.25, 0.3) is 0 Å². The number of nitrogens with one attached hydrogen (secondary N) is 1. The van der Waals surface area contributed by atoms with E-state index in [1.54, 1.807) is 24.3 Å². The van der Waals surface area contributed by atoms with Crippen molar-refractivity contribution in [2.45, 2.75) is 51.5 Å². The smallest absolute Gasteiger partial charge is 0.243 e. The number of hydrogen-bond acceptors (Lipinski definition) is 3. The van der Waals surface area contributed by atoms with Crippen molar-refractivity contribution in [3.05, 3.63) is 58.7 Å². The third kappa shape index (κ3) is 3.92. The summed E-state index contributed by atoms with van der Waals surface area (Å²) in [6.07, 6.45) is 1.20. The summed E-state index contributed by atoms with van der Waals surface area (Å²) in [5.74, 6) is -0.266. The van der Waals surface area contributed by atoms with Crippen LogP contribution in [0.5, 0.6) is 0 Å². The van der Waals surface area contributed by atoms with Gasteiger partial charge in [-0.1, -0.05) is 35.4 Å². The van der Waals surface area contributed by atoms with E-state index in [1.807, 2.05) is 39.8 Å². The molecule has 0 bridgehead atoms. The molecule has 27 heavy (non-hydrogen) atoms. The molecule has 1 atom stereocenters. The monoisotopic (exact) mass is 386 g/mol. The maximum Gasteiger partial charge on any atom is 0.243 e. The predicted octanol–water partition coefficient (Wildman–Crippen LogP) is 3.71. The van der Waals surface area contributed by atoms with Crippen LogP contribution in [0.3, 0.4) is 0 Å². The molecule has 1 N–H and O–H groups in total. The topological polar surface area (TPSA) is 66.5 Å². The van der Waals surface area contributed by atoms with Gasteiger partial charge in [-0.25, -0.2) is 8.42 Å². The number of carbonyl (C=O) groups excluding carboxylic acids is 1. The Hall–Kier alpha value is -2.18. The molecular formula is C21H26N2O3S. The summed E-state index contributed by atoms with van der Waals surface area (Å²) >= 11 is 0. The molecule has 1 aliphatic rings. The molecule has 0 saturated carbocycles. The molecule has 2 aromatic rings. The second kappa shape index (κ2) is 7.44. The Balaban J connectivity index is 1.86. The number of nitrogens with zero attached hydrogens (tertiary/aromatic N) is 1. The van der Waals surface area contributed by atoms with E-state index < -0.39 is 16.1 Å². The van der Waals surface area contributed by atoms with E-state index in [-0.39, 0.29) is 10.8 Å². The highest BCUT2D eigenvalue weighted by atomic mass is 32.2. The number of benzene rings is 2. The van der Waals surface area contributed by atoms with Gasteiger partial charge in [0.2, 0.25) is 15.9 Å². The van der Waals surface area contributed by atoms with Gasteiger partial charge in [0.25, 0.3) is 0 Å². The number of aryl methyl sites for hydroxylation is 4. The second-order valence-electron chi connectivity index (χ2n) is 7.35. The van der Waals surface area contributed by atoms with Gasteiger partial charge in [0.05, 0.1) is 4.90 Å². The number of amides is 1. The van der Waals surface area contributed by atoms with Gasteiger partial charge in [-0.15, -0.1) is 0 Å². The highest BCUT2D eigenvalue weighted by Gasteiger charge is 2.39. The van der Waals surface area contributed by atoms with E-state index in [0.717, 1.165) is 27.9 Å². The van der Waals surface area contributed by atoms with Gasteiger partial charge in [-0.05, 0) is 63.8 Å². The van der Waals surface area contributed by atoms with Crippen LogP contribution in [-0.2, 0) is 14.8 Å². The molecule has 144 valence electrons. The normalized spacial score (nSPS) is 17.9. The van der Waals surface area contributed by atoms with Crippen molar-refractivity contribution in [2.24, 2.45) is 0 Å². The van der Waals surface area contributed by atoms with Crippen LogP contribution in [0.4, 0.5) is 5.69 Å². The van der Waals surface area contributed by atoms with E-state index >= 15 is 0 Å². The minimum atomic E-state index is -3.70. The minimum absolute atomic E-state index is 0.232. The lowest BCUT2D eigenvalue weighted by Crippen LogP contribution is -2.43. The van der Waals surface area contributed by atoms with E-state index in [4.69, 9.17) is 0 Å². The van der Waals surface area contributed by atoms with Crippen LogP contribution in [0.2, 0.25) is 0 Å². The van der Waals surface area contributed by atoms with Crippen molar-refractivity contribution in [1.82, 2.24) is 4.31 Å². The summed E-state index contributed by atoms with van der Waals surface area (Å²) in [5, 5.41) is 2.97. The lowest BCUT2D eigenvalue weighted by Gasteiger charge is -2.24. The zero-order valence-corrected chi connectivity index (χ0v) is 17.1. The average molecular weight is 387 g/mol. The fourth-order valence-corrected chi connectivity index (χ4v) is 5.38. The van der Waals surface area contributed by atoms with Crippen LogP contribution in [-0.4, -0.2) is 31.2 Å². The fourth-order valence-electron chi connectivity index (χ4n) is 3.72. The Morgan fingerprint density at radius 3 is 2.19 bits per heavy atom. The first-order chi connectivity index (χ1) is 12.7. The molecular weight excluding hydrogens is 360 g/mol. The largest absolute Gasteiger partial charge is 0.324 e. The van der Waals surface area contributed by atoms with Gasteiger partial charge in [0.1, 0.15) is 6.04 Å². The molecule has 1 amide bonds. The third-order valence-corrected chi connectivity index (χ3v) is 6.98. The molecule has 0 aliphatic carbocycles. The Morgan fingerprint density at radius 2 is 1.59 bits per heavy atom. The average Bonchev–Trinajstić information content (AvgIpc) is 3.09. The summed E-state index contributed by atoms with van der Waals surface area (Å²) in [4.78, 5) is 13.2. The van der Waals surface area contributed by atoms with Gasteiger partial charge in [-0.2, -0.15) is 4.31 Å². The third-order valence-electron chi connectivity index (χ3n) is 5.06.